The first-order valence-electron chi connectivity index (χ1n) is 8.09. The summed E-state index contributed by atoms with van der Waals surface area (Å²) in [5.41, 5.74) is 2.38. The summed E-state index contributed by atoms with van der Waals surface area (Å²) in [6.07, 6.45) is -0.254. The molecule has 0 unspecified atom stereocenters. The third kappa shape index (κ3) is 3.34. The molecular formula is C19H15F2N3O2. The Morgan fingerprint density at radius 1 is 1.08 bits per heavy atom. The molecule has 0 saturated carbocycles. The van der Waals surface area contributed by atoms with Gasteiger partial charge in [0.1, 0.15) is 17.7 Å². The SMILES string of the molecule is O=C(Nc1ccc(F)cc1)c1cc2n(n1)C[C@@H](c1ccc(F)cc1)OC2. The number of amides is 1. The van der Waals surface area contributed by atoms with Crippen LogP contribution in [0.25, 0.3) is 0 Å². The second kappa shape index (κ2) is 6.68. The van der Waals surface area contributed by atoms with Crippen LogP contribution in [0.4, 0.5) is 14.5 Å². The van der Waals surface area contributed by atoms with E-state index in [0.29, 0.717) is 18.8 Å². The van der Waals surface area contributed by atoms with Gasteiger partial charge in [-0.3, -0.25) is 9.48 Å². The molecule has 1 aliphatic rings. The lowest BCUT2D eigenvalue weighted by Crippen LogP contribution is -2.22. The third-order valence-corrected chi connectivity index (χ3v) is 4.21. The van der Waals surface area contributed by atoms with Crippen molar-refractivity contribution in [2.24, 2.45) is 0 Å². The summed E-state index contributed by atoms with van der Waals surface area (Å²) in [4.78, 5) is 12.3. The van der Waals surface area contributed by atoms with Crippen molar-refractivity contribution in [3.63, 3.8) is 0 Å². The van der Waals surface area contributed by atoms with Crippen molar-refractivity contribution < 1.29 is 18.3 Å². The molecule has 1 N–H and O–H groups in total. The smallest absolute Gasteiger partial charge is 0.276 e. The zero-order valence-electron chi connectivity index (χ0n) is 13.7. The first-order valence-corrected chi connectivity index (χ1v) is 8.09. The van der Waals surface area contributed by atoms with Crippen LogP contribution in [0.3, 0.4) is 0 Å². The normalized spacial score (nSPS) is 16.2. The molecule has 2 heterocycles. The van der Waals surface area contributed by atoms with E-state index in [2.05, 4.69) is 10.4 Å². The van der Waals surface area contributed by atoms with E-state index in [9.17, 15) is 13.6 Å². The van der Waals surface area contributed by atoms with Crippen LogP contribution in [-0.4, -0.2) is 15.7 Å². The van der Waals surface area contributed by atoms with Crippen molar-refractivity contribution in [2.45, 2.75) is 19.3 Å². The summed E-state index contributed by atoms with van der Waals surface area (Å²) in [5.74, 6) is -1.05. The van der Waals surface area contributed by atoms with Crippen LogP contribution in [0, 0.1) is 11.6 Å². The van der Waals surface area contributed by atoms with Gasteiger partial charge in [0, 0.05) is 5.69 Å². The summed E-state index contributed by atoms with van der Waals surface area (Å²) in [7, 11) is 0. The summed E-state index contributed by atoms with van der Waals surface area (Å²) >= 11 is 0. The minimum atomic E-state index is -0.378. The Morgan fingerprint density at radius 2 is 1.73 bits per heavy atom. The number of ether oxygens (including phenoxy) is 1. The monoisotopic (exact) mass is 355 g/mol. The molecule has 0 saturated heterocycles. The summed E-state index contributed by atoms with van der Waals surface area (Å²) in [5, 5.41) is 7.01. The van der Waals surface area contributed by atoms with Crippen molar-refractivity contribution in [1.82, 2.24) is 9.78 Å². The molecule has 1 aromatic heterocycles. The number of fused-ring (bicyclic) bond motifs is 1. The van der Waals surface area contributed by atoms with Crippen molar-refractivity contribution >= 4 is 11.6 Å². The number of hydrogen-bond acceptors (Lipinski definition) is 3. The Morgan fingerprint density at radius 3 is 2.42 bits per heavy atom. The second-order valence-corrected chi connectivity index (χ2v) is 6.02. The first kappa shape index (κ1) is 16.4. The van der Waals surface area contributed by atoms with Crippen LogP contribution < -0.4 is 5.32 Å². The van der Waals surface area contributed by atoms with E-state index in [0.717, 1.165) is 11.3 Å². The first-order chi connectivity index (χ1) is 12.6. The molecular weight excluding hydrogens is 340 g/mol. The highest BCUT2D eigenvalue weighted by atomic mass is 19.1. The fourth-order valence-electron chi connectivity index (χ4n) is 2.84. The predicted octanol–water partition coefficient (Wildman–Crippen LogP) is 3.69. The average molecular weight is 355 g/mol. The molecule has 3 aromatic rings. The maximum absolute atomic E-state index is 13.1. The lowest BCUT2D eigenvalue weighted by atomic mass is 10.1. The van der Waals surface area contributed by atoms with E-state index < -0.39 is 0 Å². The van der Waals surface area contributed by atoms with Crippen LogP contribution in [0.15, 0.2) is 54.6 Å². The Balaban J connectivity index is 1.49. The van der Waals surface area contributed by atoms with Crippen LogP contribution in [0.5, 0.6) is 0 Å². The van der Waals surface area contributed by atoms with Gasteiger partial charge < -0.3 is 10.1 Å². The number of carbonyl (C=O) groups excluding carboxylic acids is 1. The molecule has 5 nitrogen and oxygen atoms in total. The number of carbonyl (C=O) groups is 1. The fraction of sp³-hybridized carbons (Fsp3) is 0.158. The molecule has 0 radical (unpaired) electrons. The van der Waals surface area contributed by atoms with Crippen molar-refractivity contribution in [3.05, 3.63) is 83.2 Å². The van der Waals surface area contributed by atoms with Gasteiger partial charge >= 0.3 is 0 Å². The minimum Gasteiger partial charge on any atom is -0.365 e. The molecule has 0 bridgehead atoms. The molecule has 7 heteroatoms. The maximum Gasteiger partial charge on any atom is 0.276 e. The Bertz CT molecular complexity index is 936. The highest BCUT2D eigenvalue weighted by Gasteiger charge is 2.24. The van der Waals surface area contributed by atoms with Gasteiger partial charge in [0.2, 0.25) is 0 Å². The molecule has 1 aliphatic heterocycles. The van der Waals surface area contributed by atoms with E-state index >= 15 is 0 Å². The topological polar surface area (TPSA) is 56.2 Å². The molecule has 2 aromatic carbocycles. The number of anilines is 1. The fourth-order valence-corrected chi connectivity index (χ4v) is 2.84. The molecule has 132 valence electrons. The van der Waals surface area contributed by atoms with Crippen LogP contribution >= 0.6 is 0 Å². The number of halogens is 2. The van der Waals surface area contributed by atoms with Gasteiger partial charge in [-0.1, -0.05) is 12.1 Å². The molecule has 1 atom stereocenters. The number of rotatable bonds is 3. The summed E-state index contributed by atoms with van der Waals surface area (Å²) in [6.45, 7) is 0.740. The molecule has 26 heavy (non-hydrogen) atoms. The quantitative estimate of drug-likeness (QED) is 0.780. The maximum atomic E-state index is 13.1. The highest BCUT2D eigenvalue weighted by molar-refractivity contribution is 6.02. The van der Waals surface area contributed by atoms with E-state index in [1.165, 1.54) is 36.4 Å². The number of aromatic nitrogens is 2. The average Bonchev–Trinajstić information content (AvgIpc) is 3.08. The zero-order chi connectivity index (χ0) is 18.1. The van der Waals surface area contributed by atoms with Crippen molar-refractivity contribution in [1.29, 1.82) is 0 Å². The number of benzene rings is 2. The highest BCUT2D eigenvalue weighted by Crippen LogP contribution is 2.27. The standard InChI is InChI=1S/C19H15F2N3O2/c20-13-3-1-12(2-4-13)18-10-24-16(11-26-18)9-17(23-24)19(25)22-15-7-5-14(21)6-8-15/h1-9,18H,10-11H2,(H,22,25)/t18-/m0/s1. The molecule has 0 spiro atoms. The number of hydrogen-bond donors (Lipinski definition) is 1. The number of nitrogens with one attached hydrogen (secondary N) is 1. The van der Waals surface area contributed by atoms with E-state index in [1.54, 1.807) is 22.9 Å². The van der Waals surface area contributed by atoms with Gasteiger partial charge in [0.05, 0.1) is 18.8 Å². The van der Waals surface area contributed by atoms with Gasteiger partial charge in [0.25, 0.3) is 5.91 Å². The molecule has 0 fully saturated rings. The third-order valence-electron chi connectivity index (χ3n) is 4.21. The lowest BCUT2D eigenvalue weighted by molar-refractivity contribution is -0.00122. The number of nitrogens with zero attached hydrogens (tertiary/aromatic N) is 2. The van der Waals surface area contributed by atoms with E-state index in [-0.39, 0.29) is 29.3 Å². The Labute approximate surface area is 148 Å². The minimum absolute atomic E-state index is 0.254. The van der Waals surface area contributed by atoms with Gasteiger partial charge in [0.15, 0.2) is 5.69 Å². The van der Waals surface area contributed by atoms with E-state index in [4.69, 9.17) is 4.74 Å². The summed E-state index contributed by atoms with van der Waals surface area (Å²) in [6, 6.07) is 13.3. The largest absolute Gasteiger partial charge is 0.365 e. The summed E-state index contributed by atoms with van der Waals surface area (Å²) < 4.78 is 33.5. The molecule has 1 amide bonds. The van der Waals surface area contributed by atoms with Crippen LogP contribution in [0.2, 0.25) is 0 Å². The Hall–Kier alpha value is -3.06. The van der Waals surface area contributed by atoms with Crippen molar-refractivity contribution in [3.8, 4) is 0 Å². The van der Waals surface area contributed by atoms with Crippen LogP contribution in [0.1, 0.15) is 27.8 Å². The van der Waals surface area contributed by atoms with Crippen molar-refractivity contribution in [2.75, 3.05) is 5.32 Å². The van der Waals surface area contributed by atoms with Gasteiger partial charge in [-0.2, -0.15) is 5.10 Å². The Kier molecular flexibility index (Phi) is 4.22. The van der Waals surface area contributed by atoms with Gasteiger partial charge in [-0.05, 0) is 48.0 Å². The molecule has 4 rings (SSSR count). The lowest BCUT2D eigenvalue weighted by Gasteiger charge is -2.24. The zero-order valence-corrected chi connectivity index (χ0v) is 13.7. The van der Waals surface area contributed by atoms with E-state index in [1.807, 2.05) is 0 Å². The second-order valence-electron chi connectivity index (χ2n) is 6.02. The predicted molar refractivity (Wildman–Crippen MR) is 90.5 cm³/mol. The van der Waals surface area contributed by atoms with Gasteiger partial charge in [-0.15, -0.1) is 0 Å². The molecule has 0 aliphatic carbocycles. The van der Waals surface area contributed by atoms with Gasteiger partial charge in [-0.25, -0.2) is 8.78 Å². The van der Waals surface area contributed by atoms with Crippen LogP contribution in [-0.2, 0) is 17.9 Å².